The molecule has 1 fully saturated rings. The van der Waals surface area contributed by atoms with Gasteiger partial charge in [0.05, 0.1) is 31.1 Å². The third kappa shape index (κ3) is 4.20. The van der Waals surface area contributed by atoms with Crippen LogP contribution in [0.5, 0.6) is 0 Å². The molecule has 0 bridgehead atoms. The van der Waals surface area contributed by atoms with Crippen LogP contribution in [0.2, 0.25) is 0 Å². The monoisotopic (exact) mass is 388 g/mol. The predicted octanol–water partition coefficient (Wildman–Crippen LogP) is 1.36. The van der Waals surface area contributed by atoms with Gasteiger partial charge in [0.15, 0.2) is 6.54 Å². The maximum Gasteiger partial charge on any atom is 0.279 e. The van der Waals surface area contributed by atoms with Gasteiger partial charge >= 0.3 is 0 Å². The molecule has 27 heavy (non-hydrogen) atoms. The van der Waals surface area contributed by atoms with Crippen LogP contribution in [-0.2, 0) is 17.6 Å². The zero-order chi connectivity index (χ0) is 18.8. The van der Waals surface area contributed by atoms with E-state index in [1.54, 1.807) is 23.5 Å². The second kappa shape index (κ2) is 7.78. The molecule has 2 heterocycles. The van der Waals surface area contributed by atoms with Gasteiger partial charge in [-0.15, -0.1) is 11.3 Å². The SMILES string of the molecule is O=C(C[NH+]1CCN(C(=O)c2cc3c(s2)CCC3)CC1)Nc1ccc(F)cc1. The number of carbonyl (C=O) groups excluding carboxylic acids is 2. The average molecular weight is 388 g/mol. The van der Waals surface area contributed by atoms with Crippen molar-refractivity contribution in [2.75, 3.05) is 38.0 Å². The number of hydrogen-bond donors (Lipinski definition) is 2. The Labute approximate surface area is 161 Å². The van der Waals surface area contributed by atoms with Crippen molar-refractivity contribution in [2.24, 2.45) is 0 Å². The Bertz CT molecular complexity index is 820. The van der Waals surface area contributed by atoms with Gasteiger partial charge in [0, 0.05) is 10.6 Å². The van der Waals surface area contributed by atoms with Crippen LogP contribution in [0.4, 0.5) is 10.1 Å². The number of benzene rings is 1. The molecule has 1 aliphatic carbocycles. The van der Waals surface area contributed by atoms with Gasteiger partial charge in [0.25, 0.3) is 11.8 Å². The van der Waals surface area contributed by atoms with Crippen molar-refractivity contribution in [1.82, 2.24) is 4.90 Å². The van der Waals surface area contributed by atoms with Crippen LogP contribution >= 0.6 is 11.3 Å². The molecule has 2 N–H and O–H groups in total. The number of halogens is 1. The highest BCUT2D eigenvalue weighted by atomic mass is 32.1. The van der Waals surface area contributed by atoms with Crippen molar-refractivity contribution in [2.45, 2.75) is 19.3 Å². The van der Waals surface area contributed by atoms with Crippen LogP contribution in [0, 0.1) is 5.82 Å². The summed E-state index contributed by atoms with van der Waals surface area (Å²) >= 11 is 1.65. The smallest absolute Gasteiger partial charge is 0.279 e. The first-order valence-corrected chi connectivity index (χ1v) is 10.2. The molecule has 0 spiro atoms. The number of thiophene rings is 1. The molecule has 2 amide bonds. The Morgan fingerprint density at radius 1 is 1.15 bits per heavy atom. The Morgan fingerprint density at radius 3 is 2.59 bits per heavy atom. The van der Waals surface area contributed by atoms with E-state index in [1.165, 1.54) is 29.0 Å². The van der Waals surface area contributed by atoms with Crippen molar-refractivity contribution < 1.29 is 18.9 Å². The third-order valence-corrected chi connectivity index (χ3v) is 6.48. The lowest BCUT2D eigenvalue weighted by atomic mass is 10.2. The molecule has 0 saturated carbocycles. The van der Waals surface area contributed by atoms with Crippen molar-refractivity contribution in [3.8, 4) is 0 Å². The molecule has 0 atom stereocenters. The molecular weight excluding hydrogens is 365 g/mol. The van der Waals surface area contributed by atoms with E-state index < -0.39 is 0 Å². The number of piperazine rings is 1. The quantitative estimate of drug-likeness (QED) is 0.831. The molecule has 1 saturated heterocycles. The maximum atomic E-state index is 12.9. The molecule has 2 aromatic rings. The largest absolute Gasteiger partial charge is 0.327 e. The molecule has 0 radical (unpaired) electrons. The highest BCUT2D eigenvalue weighted by Crippen LogP contribution is 2.31. The highest BCUT2D eigenvalue weighted by Gasteiger charge is 2.28. The van der Waals surface area contributed by atoms with Crippen LogP contribution in [0.15, 0.2) is 30.3 Å². The lowest BCUT2D eigenvalue weighted by molar-refractivity contribution is -0.895. The highest BCUT2D eigenvalue weighted by molar-refractivity contribution is 7.14. The molecule has 1 aliphatic heterocycles. The van der Waals surface area contributed by atoms with E-state index in [1.807, 2.05) is 4.90 Å². The van der Waals surface area contributed by atoms with Crippen LogP contribution in [0.25, 0.3) is 0 Å². The maximum absolute atomic E-state index is 12.9. The number of carbonyl (C=O) groups is 2. The fourth-order valence-electron chi connectivity index (χ4n) is 3.76. The second-order valence-electron chi connectivity index (χ2n) is 7.19. The predicted molar refractivity (Wildman–Crippen MR) is 103 cm³/mol. The average Bonchev–Trinajstić information content (AvgIpc) is 3.26. The summed E-state index contributed by atoms with van der Waals surface area (Å²) in [6.45, 7) is 3.20. The van der Waals surface area contributed by atoms with E-state index in [-0.39, 0.29) is 17.6 Å². The number of fused-ring (bicyclic) bond motifs is 1. The van der Waals surface area contributed by atoms with E-state index in [0.29, 0.717) is 25.3 Å². The van der Waals surface area contributed by atoms with E-state index in [0.717, 1.165) is 35.7 Å². The van der Waals surface area contributed by atoms with Crippen LogP contribution in [0.1, 0.15) is 26.5 Å². The normalized spacial score (nSPS) is 17.0. The topological polar surface area (TPSA) is 53.9 Å². The molecule has 142 valence electrons. The summed E-state index contributed by atoms with van der Waals surface area (Å²) < 4.78 is 12.9. The molecular formula is C20H23FN3O2S+. The fraction of sp³-hybridized carbons (Fsp3) is 0.400. The van der Waals surface area contributed by atoms with Gasteiger partial charge in [0.2, 0.25) is 0 Å². The summed E-state index contributed by atoms with van der Waals surface area (Å²) in [5.74, 6) is -0.286. The van der Waals surface area contributed by atoms with Gasteiger partial charge in [-0.25, -0.2) is 4.39 Å². The summed E-state index contributed by atoms with van der Waals surface area (Å²) in [6.07, 6.45) is 3.41. The number of aryl methyl sites for hydroxylation is 2. The Morgan fingerprint density at radius 2 is 1.89 bits per heavy atom. The first-order chi connectivity index (χ1) is 13.1. The first-order valence-electron chi connectivity index (χ1n) is 9.38. The number of quaternary nitrogens is 1. The second-order valence-corrected chi connectivity index (χ2v) is 8.32. The molecule has 4 rings (SSSR count). The van der Waals surface area contributed by atoms with Crippen LogP contribution in [-0.4, -0.2) is 49.4 Å². The number of amides is 2. The summed E-state index contributed by atoms with van der Waals surface area (Å²) in [7, 11) is 0. The van der Waals surface area contributed by atoms with Gasteiger partial charge in [-0.05, 0) is 55.2 Å². The number of hydrogen-bond acceptors (Lipinski definition) is 3. The van der Waals surface area contributed by atoms with Gasteiger partial charge in [-0.1, -0.05) is 0 Å². The molecule has 1 aromatic carbocycles. The van der Waals surface area contributed by atoms with E-state index >= 15 is 0 Å². The minimum Gasteiger partial charge on any atom is -0.327 e. The van der Waals surface area contributed by atoms with Crippen molar-refractivity contribution in [3.05, 3.63) is 51.5 Å². The fourth-order valence-corrected chi connectivity index (χ4v) is 4.98. The Kier molecular flexibility index (Phi) is 5.22. The van der Waals surface area contributed by atoms with E-state index in [2.05, 4.69) is 11.4 Å². The summed E-state index contributed by atoms with van der Waals surface area (Å²) in [5.41, 5.74) is 1.95. The standard InChI is InChI=1S/C20H22FN3O2S/c21-15-4-6-16(7-5-15)22-19(25)13-23-8-10-24(11-9-23)20(26)18-12-14-2-1-3-17(14)27-18/h4-7,12H,1-3,8-11,13H2,(H,22,25)/p+1. The minimum absolute atomic E-state index is 0.0916. The van der Waals surface area contributed by atoms with Crippen molar-refractivity contribution in [1.29, 1.82) is 0 Å². The zero-order valence-corrected chi connectivity index (χ0v) is 15.9. The zero-order valence-electron chi connectivity index (χ0n) is 15.1. The summed E-state index contributed by atoms with van der Waals surface area (Å²) in [6, 6.07) is 7.83. The Balaban J connectivity index is 1.26. The number of nitrogens with zero attached hydrogens (tertiary/aromatic N) is 1. The Hall–Kier alpha value is -2.25. The van der Waals surface area contributed by atoms with Crippen LogP contribution in [0.3, 0.4) is 0 Å². The lowest BCUT2D eigenvalue weighted by Crippen LogP contribution is -3.15. The molecule has 0 unspecified atom stereocenters. The summed E-state index contributed by atoms with van der Waals surface area (Å²) in [5, 5.41) is 2.79. The van der Waals surface area contributed by atoms with Crippen molar-refractivity contribution in [3.63, 3.8) is 0 Å². The number of nitrogens with one attached hydrogen (secondary N) is 2. The molecule has 2 aliphatic rings. The summed E-state index contributed by atoms with van der Waals surface area (Å²) in [4.78, 5) is 30.2. The number of anilines is 1. The first kappa shape index (κ1) is 18.1. The van der Waals surface area contributed by atoms with Gasteiger partial charge < -0.3 is 15.1 Å². The third-order valence-electron chi connectivity index (χ3n) is 5.25. The minimum atomic E-state index is -0.324. The number of rotatable bonds is 4. The van der Waals surface area contributed by atoms with Gasteiger partial charge in [-0.2, -0.15) is 0 Å². The van der Waals surface area contributed by atoms with Crippen molar-refractivity contribution >= 4 is 28.8 Å². The molecule has 7 heteroatoms. The molecule has 5 nitrogen and oxygen atoms in total. The van der Waals surface area contributed by atoms with Crippen LogP contribution < -0.4 is 10.2 Å². The van der Waals surface area contributed by atoms with Gasteiger partial charge in [-0.3, -0.25) is 9.59 Å². The molecule has 1 aromatic heterocycles. The van der Waals surface area contributed by atoms with Gasteiger partial charge in [0.1, 0.15) is 5.82 Å². The van der Waals surface area contributed by atoms with E-state index in [4.69, 9.17) is 0 Å². The van der Waals surface area contributed by atoms with E-state index in [9.17, 15) is 14.0 Å². The lowest BCUT2D eigenvalue weighted by Gasteiger charge is -2.31.